The standard InChI is InChI=1S/C15H24BrNO3/c1-11-7-14(16)8-13(9-17-5-6-18-3)15(11)20-12(2)10-19-4/h7-8,12,17H,5-6,9-10H2,1-4H3. The molecule has 0 radical (unpaired) electrons. The summed E-state index contributed by atoms with van der Waals surface area (Å²) in [7, 11) is 3.38. The average molecular weight is 346 g/mol. The third-order valence-corrected chi connectivity index (χ3v) is 3.29. The summed E-state index contributed by atoms with van der Waals surface area (Å²) in [5.41, 5.74) is 2.25. The molecule has 5 heteroatoms. The molecule has 1 rings (SSSR count). The third kappa shape index (κ3) is 5.79. The van der Waals surface area contributed by atoms with E-state index >= 15 is 0 Å². The maximum atomic E-state index is 6.01. The van der Waals surface area contributed by atoms with E-state index < -0.39 is 0 Å². The number of rotatable bonds is 9. The van der Waals surface area contributed by atoms with Gasteiger partial charge in [-0.05, 0) is 31.5 Å². The maximum absolute atomic E-state index is 6.01. The van der Waals surface area contributed by atoms with E-state index in [-0.39, 0.29) is 6.10 Å². The van der Waals surface area contributed by atoms with Crippen LogP contribution in [0.2, 0.25) is 0 Å². The van der Waals surface area contributed by atoms with Crippen LogP contribution in [0.1, 0.15) is 18.1 Å². The number of halogens is 1. The lowest BCUT2D eigenvalue weighted by Crippen LogP contribution is -2.22. The molecule has 20 heavy (non-hydrogen) atoms. The molecule has 1 aromatic rings. The highest BCUT2D eigenvalue weighted by molar-refractivity contribution is 9.10. The van der Waals surface area contributed by atoms with E-state index in [1.807, 2.05) is 6.92 Å². The lowest BCUT2D eigenvalue weighted by molar-refractivity contribution is 0.0908. The molecular formula is C15H24BrNO3. The lowest BCUT2D eigenvalue weighted by Gasteiger charge is -2.19. The number of aryl methyl sites for hydroxylation is 1. The first-order chi connectivity index (χ1) is 9.58. The molecule has 0 saturated heterocycles. The SMILES string of the molecule is COCCNCc1cc(Br)cc(C)c1OC(C)COC. The molecule has 4 nitrogen and oxygen atoms in total. The van der Waals surface area contributed by atoms with E-state index in [4.69, 9.17) is 14.2 Å². The highest BCUT2D eigenvalue weighted by atomic mass is 79.9. The molecule has 1 unspecified atom stereocenters. The van der Waals surface area contributed by atoms with E-state index in [1.54, 1.807) is 14.2 Å². The summed E-state index contributed by atoms with van der Waals surface area (Å²) in [5.74, 6) is 0.933. The molecule has 1 atom stereocenters. The van der Waals surface area contributed by atoms with Crippen molar-refractivity contribution in [2.24, 2.45) is 0 Å². The molecule has 0 aromatic heterocycles. The van der Waals surface area contributed by atoms with Crippen molar-refractivity contribution >= 4 is 15.9 Å². The van der Waals surface area contributed by atoms with Gasteiger partial charge in [-0.15, -0.1) is 0 Å². The summed E-state index contributed by atoms with van der Waals surface area (Å²) in [6.45, 7) is 6.90. The van der Waals surface area contributed by atoms with Crippen molar-refractivity contribution in [3.63, 3.8) is 0 Å². The van der Waals surface area contributed by atoms with Crippen LogP contribution in [0, 0.1) is 6.92 Å². The molecule has 0 aliphatic rings. The van der Waals surface area contributed by atoms with Crippen LogP contribution in [-0.4, -0.2) is 40.1 Å². The van der Waals surface area contributed by atoms with E-state index in [0.29, 0.717) is 13.2 Å². The molecule has 0 fully saturated rings. The van der Waals surface area contributed by atoms with Crippen LogP contribution < -0.4 is 10.1 Å². The van der Waals surface area contributed by atoms with E-state index in [1.165, 1.54) is 0 Å². The van der Waals surface area contributed by atoms with Crippen LogP contribution in [0.5, 0.6) is 5.75 Å². The molecule has 0 heterocycles. The van der Waals surface area contributed by atoms with Crippen molar-refractivity contribution in [1.29, 1.82) is 0 Å². The van der Waals surface area contributed by atoms with Crippen molar-refractivity contribution in [2.45, 2.75) is 26.5 Å². The second-order valence-corrected chi connectivity index (χ2v) is 5.68. The van der Waals surface area contributed by atoms with Gasteiger partial charge < -0.3 is 19.5 Å². The molecule has 0 saturated carbocycles. The van der Waals surface area contributed by atoms with E-state index in [9.17, 15) is 0 Å². The minimum absolute atomic E-state index is 0.0256. The molecule has 0 bridgehead atoms. The Bertz CT molecular complexity index is 412. The van der Waals surface area contributed by atoms with Gasteiger partial charge >= 0.3 is 0 Å². The zero-order chi connectivity index (χ0) is 15.0. The molecule has 1 aromatic carbocycles. The highest BCUT2D eigenvalue weighted by Crippen LogP contribution is 2.29. The summed E-state index contributed by atoms with van der Waals surface area (Å²) < 4.78 is 17.2. The maximum Gasteiger partial charge on any atom is 0.127 e. The van der Waals surface area contributed by atoms with Crippen LogP contribution in [-0.2, 0) is 16.0 Å². The number of nitrogens with one attached hydrogen (secondary N) is 1. The van der Waals surface area contributed by atoms with Crippen LogP contribution in [0.25, 0.3) is 0 Å². The first-order valence-corrected chi connectivity index (χ1v) is 7.52. The Labute approximate surface area is 129 Å². The quantitative estimate of drug-likeness (QED) is 0.698. The van der Waals surface area contributed by atoms with Crippen molar-refractivity contribution in [3.05, 3.63) is 27.7 Å². The number of benzene rings is 1. The van der Waals surface area contributed by atoms with Gasteiger partial charge in [0.1, 0.15) is 11.9 Å². The van der Waals surface area contributed by atoms with Gasteiger partial charge in [0, 0.05) is 37.3 Å². The first-order valence-electron chi connectivity index (χ1n) is 6.72. The number of methoxy groups -OCH3 is 2. The second-order valence-electron chi connectivity index (χ2n) is 4.76. The molecule has 0 spiro atoms. The molecule has 0 aliphatic carbocycles. The van der Waals surface area contributed by atoms with Crippen LogP contribution in [0.15, 0.2) is 16.6 Å². The fourth-order valence-electron chi connectivity index (χ4n) is 1.97. The Balaban J connectivity index is 2.78. The number of hydrogen-bond acceptors (Lipinski definition) is 4. The van der Waals surface area contributed by atoms with Gasteiger partial charge in [-0.3, -0.25) is 0 Å². The fraction of sp³-hybridized carbons (Fsp3) is 0.600. The topological polar surface area (TPSA) is 39.7 Å². The number of ether oxygens (including phenoxy) is 3. The zero-order valence-corrected chi connectivity index (χ0v) is 14.2. The smallest absolute Gasteiger partial charge is 0.127 e. The normalized spacial score (nSPS) is 12.4. The molecule has 114 valence electrons. The monoisotopic (exact) mass is 345 g/mol. The van der Waals surface area contributed by atoms with Crippen molar-refractivity contribution < 1.29 is 14.2 Å². The van der Waals surface area contributed by atoms with Gasteiger partial charge in [0.05, 0.1) is 13.2 Å². The predicted molar refractivity (Wildman–Crippen MR) is 84.4 cm³/mol. The summed E-state index contributed by atoms with van der Waals surface area (Å²) in [6.07, 6.45) is 0.0256. The Hall–Kier alpha value is -0.620. The lowest BCUT2D eigenvalue weighted by atomic mass is 10.1. The van der Waals surface area contributed by atoms with Crippen molar-refractivity contribution in [2.75, 3.05) is 34.0 Å². The van der Waals surface area contributed by atoms with Crippen LogP contribution in [0.4, 0.5) is 0 Å². The highest BCUT2D eigenvalue weighted by Gasteiger charge is 2.12. The predicted octanol–water partition coefficient (Wildman–Crippen LogP) is 2.91. The van der Waals surface area contributed by atoms with Crippen LogP contribution in [0.3, 0.4) is 0 Å². The summed E-state index contributed by atoms with van der Waals surface area (Å²) in [6, 6.07) is 4.15. The van der Waals surface area contributed by atoms with Crippen LogP contribution >= 0.6 is 15.9 Å². The minimum atomic E-state index is 0.0256. The Morgan fingerprint density at radius 3 is 2.65 bits per heavy atom. The van der Waals surface area contributed by atoms with Gasteiger partial charge in [-0.1, -0.05) is 15.9 Å². The van der Waals surface area contributed by atoms with Gasteiger partial charge in [0.15, 0.2) is 0 Å². The van der Waals surface area contributed by atoms with Gasteiger partial charge in [-0.2, -0.15) is 0 Å². The molecular weight excluding hydrogens is 322 g/mol. The average Bonchev–Trinajstić information content (AvgIpc) is 2.38. The van der Waals surface area contributed by atoms with Gasteiger partial charge in [-0.25, -0.2) is 0 Å². The first kappa shape index (κ1) is 17.4. The largest absolute Gasteiger partial charge is 0.488 e. The van der Waals surface area contributed by atoms with Crippen molar-refractivity contribution in [3.8, 4) is 5.75 Å². The molecule has 1 N–H and O–H groups in total. The Morgan fingerprint density at radius 2 is 2.00 bits per heavy atom. The Kier molecular flexibility index (Phi) is 8.14. The van der Waals surface area contributed by atoms with Crippen molar-refractivity contribution in [1.82, 2.24) is 5.32 Å². The van der Waals surface area contributed by atoms with E-state index in [2.05, 4.69) is 40.3 Å². The third-order valence-electron chi connectivity index (χ3n) is 2.84. The molecule has 0 amide bonds. The number of hydrogen-bond donors (Lipinski definition) is 1. The van der Waals surface area contributed by atoms with E-state index in [0.717, 1.165) is 34.4 Å². The van der Waals surface area contributed by atoms with Gasteiger partial charge in [0.2, 0.25) is 0 Å². The molecule has 0 aliphatic heterocycles. The fourth-order valence-corrected chi connectivity index (χ4v) is 2.59. The minimum Gasteiger partial charge on any atom is -0.488 e. The summed E-state index contributed by atoms with van der Waals surface area (Å²) in [5, 5.41) is 3.35. The summed E-state index contributed by atoms with van der Waals surface area (Å²) >= 11 is 3.53. The van der Waals surface area contributed by atoms with Gasteiger partial charge in [0.25, 0.3) is 0 Å². The Morgan fingerprint density at radius 1 is 1.25 bits per heavy atom. The second kappa shape index (κ2) is 9.34. The summed E-state index contributed by atoms with van der Waals surface area (Å²) in [4.78, 5) is 0. The zero-order valence-electron chi connectivity index (χ0n) is 12.7.